The molecule has 0 saturated heterocycles. The number of aryl methyl sites for hydroxylation is 2. The van der Waals surface area contributed by atoms with Crippen molar-refractivity contribution in [3.8, 4) is 5.75 Å². The van der Waals surface area contributed by atoms with Gasteiger partial charge in [-0.05, 0) is 60.9 Å². The van der Waals surface area contributed by atoms with E-state index in [0.717, 1.165) is 22.3 Å². The molecule has 0 atom stereocenters. The molecule has 0 amide bonds. The second-order valence-corrected chi connectivity index (χ2v) is 11.4. The summed E-state index contributed by atoms with van der Waals surface area (Å²) in [5.41, 5.74) is 15.8. The van der Waals surface area contributed by atoms with Gasteiger partial charge in [0.2, 0.25) is 0 Å². The number of guanidine groups is 1. The molecule has 0 saturated carbocycles. The van der Waals surface area contributed by atoms with E-state index < -0.39 is 15.9 Å². The molecule has 0 aliphatic carbocycles. The lowest BCUT2D eigenvalue weighted by atomic mass is 10.0. The van der Waals surface area contributed by atoms with E-state index in [1.165, 1.54) is 0 Å². The van der Waals surface area contributed by atoms with Crippen LogP contribution in [-0.4, -0.2) is 57.1 Å². The lowest BCUT2D eigenvalue weighted by Crippen LogP contribution is -2.21. The highest BCUT2D eigenvalue weighted by Gasteiger charge is 2.17. The summed E-state index contributed by atoms with van der Waals surface area (Å²) in [5, 5.41) is 0. The van der Waals surface area contributed by atoms with Gasteiger partial charge in [-0.1, -0.05) is 18.2 Å². The molecule has 5 aromatic rings. The van der Waals surface area contributed by atoms with Crippen molar-refractivity contribution in [3.63, 3.8) is 0 Å². The smallest absolute Gasteiger partial charge is 0.264 e. The Morgan fingerprint density at radius 3 is 2.62 bits per heavy atom. The third kappa shape index (κ3) is 6.75. The first kappa shape index (κ1) is 28.8. The Hall–Kier alpha value is -4.75. The van der Waals surface area contributed by atoms with Crippen LogP contribution in [0.3, 0.4) is 0 Å². The third-order valence-corrected chi connectivity index (χ3v) is 7.65. The van der Waals surface area contributed by atoms with Crippen molar-refractivity contribution in [3.05, 3.63) is 83.4 Å². The number of carbonyl (C=O) groups excluding carboxylic acids is 1. The number of nitrogens with two attached hydrogens (primary N) is 2. The number of hydrogen-bond acceptors (Lipinski definition) is 7. The minimum Gasteiger partial charge on any atom is -0.496 e. The van der Waals surface area contributed by atoms with Gasteiger partial charge in [-0.3, -0.25) is 9.35 Å². The average molecular weight is 590 g/mol. The number of hydrogen-bond donors (Lipinski definition) is 4. The van der Waals surface area contributed by atoms with Crippen LogP contribution in [0.2, 0.25) is 0 Å². The van der Waals surface area contributed by atoms with E-state index in [1.807, 2.05) is 28.8 Å². The lowest BCUT2D eigenvalue weighted by Gasteiger charge is -2.10. The van der Waals surface area contributed by atoms with Gasteiger partial charge in [0.25, 0.3) is 10.1 Å². The first-order valence-electron chi connectivity index (χ1n) is 13.3. The highest BCUT2D eigenvalue weighted by molar-refractivity contribution is 7.85. The van der Waals surface area contributed by atoms with Gasteiger partial charge in [-0.25, -0.2) is 15.0 Å². The van der Waals surface area contributed by atoms with Crippen LogP contribution in [0.25, 0.3) is 22.1 Å². The molecule has 0 aliphatic heterocycles. The molecule has 5 rings (SSSR count). The number of benzene rings is 3. The Morgan fingerprint density at radius 1 is 1.07 bits per heavy atom. The molecular formula is C29H31N7O5S. The van der Waals surface area contributed by atoms with Gasteiger partial charge < -0.3 is 25.8 Å². The molecular weight excluding hydrogens is 558 g/mol. The molecule has 2 heterocycles. The standard InChI is InChI=1S/C29H31N7O5S/c1-41-26-6-3-2-5-18(26)8-12-25(37)19-7-10-22-24(15-19)36(13-4-14-42(38,39)40)28(35-22)17-27-33-21-11-9-20(32-29(30)31)16-23(21)34-27/h2-3,5-7,9-11,15-16H,4,8,12-14,17H2,1H3,(H,33,34)(H4,30,31,32)(H,38,39,40). The first-order valence-corrected chi connectivity index (χ1v) is 14.9. The van der Waals surface area contributed by atoms with Gasteiger partial charge in [0.1, 0.15) is 17.4 Å². The van der Waals surface area contributed by atoms with Crippen LogP contribution in [0.5, 0.6) is 5.75 Å². The fourth-order valence-corrected chi connectivity index (χ4v) is 5.43. The van der Waals surface area contributed by atoms with Crippen molar-refractivity contribution >= 4 is 49.6 Å². The van der Waals surface area contributed by atoms with Crippen LogP contribution in [0.15, 0.2) is 65.7 Å². The highest BCUT2D eigenvalue weighted by atomic mass is 32.2. The number of aliphatic imine (C=N–C) groups is 1. The fraction of sp³-hybridized carbons (Fsp3) is 0.241. The van der Waals surface area contributed by atoms with Gasteiger partial charge in [-0.2, -0.15) is 8.42 Å². The number of para-hydroxylation sites is 1. The van der Waals surface area contributed by atoms with Crippen molar-refractivity contribution in [2.45, 2.75) is 32.2 Å². The van der Waals surface area contributed by atoms with Crippen molar-refractivity contribution in [1.29, 1.82) is 0 Å². The highest BCUT2D eigenvalue weighted by Crippen LogP contribution is 2.25. The quantitative estimate of drug-likeness (QED) is 0.0729. The van der Waals surface area contributed by atoms with E-state index in [0.29, 0.717) is 46.8 Å². The van der Waals surface area contributed by atoms with Gasteiger partial charge in [-0.15, -0.1) is 0 Å². The van der Waals surface area contributed by atoms with Crippen molar-refractivity contribution in [1.82, 2.24) is 19.5 Å². The molecule has 13 heteroatoms. The largest absolute Gasteiger partial charge is 0.496 e. The van der Waals surface area contributed by atoms with E-state index in [-0.39, 0.29) is 31.1 Å². The Bertz CT molecular complexity index is 1910. The maximum atomic E-state index is 13.2. The molecule has 0 unspecified atom stereocenters. The number of nitrogens with zero attached hydrogens (tertiary/aromatic N) is 4. The molecule has 0 fully saturated rings. The van der Waals surface area contributed by atoms with E-state index >= 15 is 0 Å². The number of H-pyrrole nitrogens is 1. The number of aromatic nitrogens is 4. The molecule has 0 aliphatic rings. The van der Waals surface area contributed by atoms with Crippen LogP contribution in [-0.2, 0) is 29.5 Å². The Morgan fingerprint density at radius 2 is 1.86 bits per heavy atom. The van der Waals surface area contributed by atoms with E-state index in [2.05, 4.69) is 15.0 Å². The van der Waals surface area contributed by atoms with Crippen molar-refractivity contribution < 1.29 is 22.5 Å². The van der Waals surface area contributed by atoms with Crippen LogP contribution < -0.4 is 16.2 Å². The van der Waals surface area contributed by atoms with Gasteiger partial charge >= 0.3 is 0 Å². The maximum Gasteiger partial charge on any atom is 0.264 e. The number of fused-ring (bicyclic) bond motifs is 2. The number of rotatable bonds is 12. The number of methoxy groups -OCH3 is 1. The summed E-state index contributed by atoms with van der Waals surface area (Å²) in [6.07, 6.45) is 1.28. The Labute approximate surface area is 242 Å². The molecule has 0 radical (unpaired) electrons. The normalized spacial score (nSPS) is 11.7. The van der Waals surface area contributed by atoms with Gasteiger partial charge in [0.15, 0.2) is 11.7 Å². The summed E-state index contributed by atoms with van der Waals surface area (Å²) in [5.74, 6) is 1.50. The number of ether oxygens (including phenoxy) is 1. The van der Waals surface area contributed by atoms with Gasteiger partial charge in [0, 0.05) is 18.5 Å². The van der Waals surface area contributed by atoms with Crippen molar-refractivity contribution in [2.75, 3.05) is 12.9 Å². The van der Waals surface area contributed by atoms with Crippen molar-refractivity contribution in [2.24, 2.45) is 16.5 Å². The summed E-state index contributed by atoms with van der Waals surface area (Å²) in [6, 6.07) is 18.2. The molecule has 2 aromatic heterocycles. The first-order chi connectivity index (χ1) is 20.1. The topological polar surface area (TPSA) is 192 Å². The second-order valence-electron chi connectivity index (χ2n) is 9.86. The average Bonchev–Trinajstić information content (AvgIpc) is 3.50. The Balaban J connectivity index is 1.44. The summed E-state index contributed by atoms with van der Waals surface area (Å²) in [7, 11) is -2.54. The predicted octanol–water partition coefficient (Wildman–Crippen LogP) is 3.51. The zero-order valence-corrected chi connectivity index (χ0v) is 23.8. The lowest BCUT2D eigenvalue weighted by molar-refractivity contribution is 0.0982. The molecule has 0 spiro atoms. The Kier molecular flexibility index (Phi) is 8.22. The molecule has 6 N–H and O–H groups in total. The summed E-state index contributed by atoms with van der Waals surface area (Å²) in [6.45, 7) is 0.263. The minimum absolute atomic E-state index is 0.0381. The number of carbonyl (C=O) groups is 1. The molecule has 12 nitrogen and oxygen atoms in total. The SMILES string of the molecule is COc1ccccc1CCC(=O)c1ccc2nc(Cc3nc4ccc(N=C(N)N)cc4[nH]3)n(CCCS(=O)(=O)O)c2c1. The summed E-state index contributed by atoms with van der Waals surface area (Å²) in [4.78, 5) is 29.9. The molecule has 218 valence electrons. The van der Waals surface area contributed by atoms with E-state index in [9.17, 15) is 17.8 Å². The van der Waals surface area contributed by atoms with Crippen LogP contribution >= 0.6 is 0 Å². The second kappa shape index (κ2) is 12.0. The molecule has 0 bridgehead atoms. The fourth-order valence-electron chi connectivity index (χ4n) is 4.94. The number of aromatic amines is 1. The molecule has 3 aromatic carbocycles. The number of nitrogens with one attached hydrogen (secondary N) is 1. The maximum absolute atomic E-state index is 13.2. The third-order valence-electron chi connectivity index (χ3n) is 6.85. The number of imidazole rings is 2. The summed E-state index contributed by atoms with van der Waals surface area (Å²) >= 11 is 0. The van der Waals surface area contributed by atoms with Crippen LogP contribution in [0.4, 0.5) is 5.69 Å². The van der Waals surface area contributed by atoms with Crippen LogP contribution in [0.1, 0.15) is 40.4 Å². The van der Waals surface area contributed by atoms with Gasteiger partial charge in [0.05, 0.1) is 47.0 Å². The van der Waals surface area contributed by atoms with E-state index in [4.69, 9.17) is 21.2 Å². The zero-order valence-electron chi connectivity index (χ0n) is 22.9. The minimum atomic E-state index is -4.14. The van der Waals surface area contributed by atoms with Crippen LogP contribution in [0, 0.1) is 0 Å². The summed E-state index contributed by atoms with van der Waals surface area (Å²) < 4.78 is 39.4. The zero-order chi connectivity index (χ0) is 29.9. The predicted molar refractivity (Wildman–Crippen MR) is 161 cm³/mol. The molecule has 42 heavy (non-hydrogen) atoms. The monoisotopic (exact) mass is 589 g/mol. The number of ketones is 1. The number of Topliss-reactive ketones (excluding diaryl/α,β-unsaturated/α-hetero) is 1. The van der Waals surface area contributed by atoms with E-state index in [1.54, 1.807) is 43.5 Å².